The van der Waals surface area contributed by atoms with Crippen LogP contribution in [-0.2, 0) is 11.2 Å². The molecule has 0 N–H and O–H groups in total. The molecule has 0 aliphatic carbocycles. The number of piperidine rings is 1. The first-order chi connectivity index (χ1) is 14.8. The van der Waals surface area contributed by atoms with E-state index in [9.17, 15) is 4.79 Å². The van der Waals surface area contributed by atoms with Gasteiger partial charge >= 0.3 is 0 Å². The minimum Gasteiger partial charge on any atom is -0.491 e. The molecule has 1 amide bonds. The van der Waals surface area contributed by atoms with Crippen molar-refractivity contribution in [1.29, 1.82) is 0 Å². The van der Waals surface area contributed by atoms with E-state index in [0.29, 0.717) is 23.8 Å². The SMILES string of the molecule is O=C(c1ccccc1OCCN1CCOCC1)N1CCC[C@H](Cc2cccnc2)C1. The van der Waals surface area contributed by atoms with Crippen molar-refractivity contribution in [2.24, 2.45) is 5.92 Å². The maximum Gasteiger partial charge on any atom is 0.257 e. The molecular formula is C24H31N3O3. The largest absolute Gasteiger partial charge is 0.491 e. The highest BCUT2D eigenvalue weighted by Crippen LogP contribution is 2.25. The fourth-order valence-electron chi connectivity index (χ4n) is 4.32. The molecule has 1 atom stereocenters. The van der Waals surface area contributed by atoms with Crippen molar-refractivity contribution in [3.8, 4) is 5.75 Å². The Kier molecular flexibility index (Phi) is 7.32. The predicted octanol–water partition coefficient (Wildman–Crippen LogP) is 2.89. The van der Waals surface area contributed by atoms with Crippen molar-refractivity contribution >= 4 is 5.91 Å². The number of aromatic nitrogens is 1. The van der Waals surface area contributed by atoms with Gasteiger partial charge in [0.25, 0.3) is 5.91 Å². The van der Waals surface area contributed by atoms with Crippen molar-refractivity contribution in [2.75, 3.05) is 52.5 Å². The molecule has 3 heterocycles. The molecule has 2 fully saturated rings. The van der Waals surface area contributed by atoms with Crippen LogP contribution in [0, 0.1) is 5.92 Å². The van der Waals surface area contributed by atoms with Gasteiger partial charge in [-0.3, -0.25) is 14.7 Å². The summed E-state index contributed by atoms with van der Waals surface area (Å²) in [6.45, 7) is 6.47. The number of hydrogen-bond acceptors (Lipinski definition) is 5. The number of hydrogen-bond donors (Lipinski definition) is 0. The van der Waals surface area contributed by atoms with Gasteiger partial charge in [0.15, 0.2) is 0 Å². The maximum absolute atomic E-state index is 13.3. The van der Waals surface area contributed by atoms with Crippen LogP contribution in [0.1, 0.15) is 28.8 Å². The van der Waals surface area contributed by atoms with Crippen molar-refractivity contribution in [3.05, 3.63) is 59.9 Å². The summed E-state index contributed by atoms with van der Waals surface area (Å²) in [7, 11) is 0. The minimum absolute atomic E-state index is 0.0767. The Balaban J connectivity index is 1.35. The first kappa shape index (κ1) is 20.8. The lowest BCUT2D eigenvalue weighted by Crippen LogP contribution is -2.41. The molecule has 1 aromatic carbocycles. The highest BCUT2D eigenvalue weighted by molar-refractivity contribution is 5.97. The van der Waals surface area contributed by atoms with Crippen LogP contribution in [0.25, 0.3) is 0 Å². The number of likely N-dealkylation sites (tertiary alicyclic amines) is 1. The molecular weight excluding hydrogens is 378 g/mol. The van der Waals surface area contributed by atoms with E-state index in [1.165, 1.54) is 5.56 Å². The third-order valence-electron chi connectivity index (χ3n) is 5.94. The van der Waals surface area contributed by atoms with E-state index >= 15 is 0 Å². The average molecular weight is 410 g/mol. The first-order valence-electron chi connectivity index (χ1n) is 11.0. The van der Waals surface area contributed by atoms with Crippen LogP contribution >= 0.6 is 0 Å². The molecule has 6 heteroatoms. The first-order valence-corrected chi connectivity index (χ1v) is 11.0. The summed E-state index contributed by atoms with van der Waals surface area (Å²) in [5.74, 6) is 1.24. The molecule has 4 rings (SSSR count). The highest BCUT2D eigenvalue weighted by atomic mass is 16.5. The summed E-state index contributed by atoms with van der Waals surface area (Å²) in [6, 6.07) is 11.7. The van der Waals surface area contributed by atoms with E-state index in [-0.39, 0.29) is 5.91 Å². The summed E-state index contributed by atoms with van der Waals surface area (Å²) in [6.07, 6.45) is 6.89. The van der Waals surface area contributed by atoms with Gasteiger partial charge in [-0.05, 0) is 48.9 Å². The van der Waals surface area contributed by atoms with Crippen LogP contribution in [0.4, 0.5) is 0 Å². The molecule has 1 aromatic heterocycles. The number of rotatable bonds is 7. The second-order valence-corrected chi connectivity index (χ2v) is 8.12. The summed E-state index contributed by atoms with van der Waals surface area (Å²) in [5.41, 5.74) is 1.91. The van der Waals surface area contributed by atoms with E-state index in [1.54, 1.807) is 6.20 Å². The van der Waals surface area contributed by atoms with Gasteiger partial charge in [-0.15, -0.1) is 0 Å². The Bertz CT molecular complexity index is 808. The number of benzene rings is 1. The van der Waals surface area contributed by atoms with Crippen LogP contribution in [0.15, 0.2) is 48.8 Å². The Morgan fingerprint density at radius 3 is 2.83 bits per heavy atom. The zero-order valence-corrected chi connectivity index (χ0v) is 17.5. The third-order valence-corrected chi connectivity index (χ3v) is 5.94. The van der Waals surface area contributed by atoms with E-state index in [1.807, 2.05) is 41.4 Å². The van der Waals surface area contributed by atoms with E-state index in [4.69, 9.17) is 9.47 Å². The molecule has 160 valence electrons. The molecule has 2 saturated heterocycles. The molecule has 0 spiro atoms. The van der Waals surface area contributed by atoms with Crippen molar-refractivity contribution < 1.29 is 14.3 Å². The maximum atomic E-state index is 13.3. The zero-order chi connectivity index (χ0) is 20.6. The fraction of sp³-hybridized carbons (Fsp3) is 0.500. The van der Waals surface area contributed by atoms with Gasteiger partial charge in [-0.2, -0.15) is 0 Å². The summed E-state index contributed by atoms with van der Waals surface area (Å²) in [5, 5.41) is 0. The van der Waals surface area contributed by atoms with Gasteiger partial charge < -0.3 is 14.4 Å². The van der Waals surface area contributed by atoms with Crippen LogP contribution < -0.4 is 4.74 Å². The van der Waals surface area contributed by atoms with Crippen molar-refractivity contribution in [2.45, 2.75) is 19.3 Å². The van der Waals surface area contributed by atoms with Gasteiger partial charge in [0.2, 0.25) is 0 Å². The zero-order valence-electron chi connectivity index (χ0n) is 17.5. The van der Waals surface area contributed by atoms with Crippen molar-refractivity contribution in [1.82, 2.24) is 14.8 Å². The lowest BCUT2D eigenvalue weighted by atomic mass is 9.91. The van der Waals surface area contributed by atoms with Crippen LogP contribution in [0.2, 0.25) is 0 Å². The Labute approximate surface area is 178 Å². The summed E-state index contributed by atoms with van der Waals surface area (Å²) >= 11 is 0. The molecule has 0 radical (unpaired) electrons. The lowest BCUT2D eigenvalue weighted by molar-refractivity contribution is 0.0321. The van der Waals surface area contributed by atoms with Gasteiger partial charge in [0.1, 0.15) is 12.4 Å². The molecule has 0 bridgehead atoms. The van der Waals surface area contributed by atoms with Crippen LogP contribution in [-0.4, -0.2) is 73.2 Å². The van der Waals surface area contributed by atoms with Crippen LogP contribution in [0.3, 0.4) is 0 Å². The van der Waals surface area contributed by atoms with Gasteiger partial charge in [0, 0.05) is 45.1 Å². The Morgan fingerprint density at radius 1 is 1.13 bits per heavy atom. The quantitative estimate of drug-likeness (QED) is 0.704. The van der Waals surface area contributed by atoms with E-state index < -0.39 is 0 Å². The predicted molar refractivity (Wildman–Crippen MR) is 116 cm³/mol. The number of pyridine rings is 1. The smallest absolute Gasteiger partial charge is 0.257 e. The monoisotopic (exact) mass is 409 g/mol. The van der Waals surface area contributed by atoms with E-state index in [0.717, 1.165) is 65.2 Å². The number of nitrogens with zero attached hydrogens (tertiary/aromatic N) is 3. The van der Waals surface area contributed by atoms with Gasteiger partial charge in [-0.1, -0.05) is 18.2 Å². The number of amides is 1. The molecule has 0 unspecified atom stereocenters. The Hall–Kier alpha value is -2.44. The molecule has 0 saturated carbocycles. The third kappa shape index (κ3) is 5.58. The van der Waals surface area contributed by atoms with Crippen molar-refractivity contribution in [3.63, 3.8) is 0 Å². The van der Waals surface area contributed by atoms with Crippen LogP contribution in [0.5, 0.6) is 5.75 Å². The highest BCUT2D eigenvalue weighted by Gasteiger charge is 2.26. The molecule has 2 aliphatic rings. The average Bonchev–Trinajstić information content (AvgIpc) is 2.80. The Morgan fingerprint density at radius 2 is 2.00 bits per heavy atom. The number of morpholine rings is 1. The number of carbonyl (C=O) groups excluding carboxylic acids is 1. The normalized spacial score (nSPS) is 20.1. The summed E-state index contributed by atoms with van der Waals surface area (Å²) in [4.78, 5) is 21.8. The molecule has 2 aromatic rings. The number of ether oxygens (including phenoxy) is 2. The fourth-order valence-corrected chi connectivity index (χ4v) is 4.32. The second kappa shape index (κ2) is 10.5. The van der Waals surface area contributed by atoms with Gasteiger partial charge in [-0.25, -0.2) is 0 Å². The second-order valence-electron chi connectivity index (χ2n) is 8.12. The molecule has 6 nitrogen and oxygen atoms in total. The molecule has 2 aliphatic heterocycles. The molecule has 30 heavy (non-hydrogen) atoms. The summed E-state index contributed by atoms with van der Waals surface area (Å²) < 4.78 is 11.4. The van der Waals surface area contributed by atoms with E-state index in [2.05, 4.69) is 16.0 Å². The standard InChI is InChI=1S/C24H31N3O3/c28-24(27-10-4-6-21(19-27)17-20-5-3-9-25-18-20)22-7-1-2-8-23(22)30-16-13-26-11-14-29-15-12-26/h1-3,5,7-9,18,21H,4,6,10-17,19H2/t21-/m1/s1. The lowest BCUT2D eigenvalue weighted by Gasteiger charge is -2.33. The van der Waals surface area contributed by atoms with Gasteiger partial charge in [0.05, 0.1) is 18.8 Å². The topological polar surface area (TPSA) is 54.9 Å². The number of para-hydroxylation sites is 1. The number of carbonyl (C=O) groups is 1. The minimum atomic E-state index is 0.0767.